The summed E-state index contributed by atoms with van der Waals surface area (Å²) in [6.07, 6.45) is -0.0398. The van der Waals surface area contributed by atoms with Crippen LogP contribution in [0.15, 0.2) is 18.2 Å². The van der Waals surface area contributed by atoms with Crippen LogP contribution >= 0.6 is 22.6 Å². The number of hydrogen-bond acceptors (Lipinski definition) is 2. The van der Waals surface area contributed by atoms with Gasteiger partial charge in [0.25, 0.3) is 5.91 Å². The van der Waals surface area contributed by atoms with Crippen molar-refractivity contribution in [1.82, 2.24) is 5.32 Å². The zero-order valence-corrected chi connectivity index (χ0v) is 11.2. The Bertz CT molecular complexity index is 384. The smallest absolute Gasteiger partial charge is 0.252 e. The minimum Gasteiger partial charge on any atom is -0.380 e. The molecular weight excluding hydrogens is 324 g/mol. The molecule has 0 aliphatic carbocycles. The van der Waals surface area contributed by atoms with Crippen LogP contribution in [0.5, 0.6) is 0 Å². The molecule has 0 saturated heterocycles. The molecule has 0 fully saturated rings. The number of halogens is 2. The summed E-state index contributed by atoms with van der Waals surface area (Å²) < 4.78 is 18.4. The lowest BCUT2D eigenvalue weighted by atomic mass is 10.2. The first-order chi connectivity index (χ1) is 7.54. The quantitative estimate of drug-likeness (QED) is 0.856. The van der Waals surface area contributed by atoms with Gasteiger partial charge in [-0.3, -0.25) is 4.79 Å². The summed E-state index contributed by atoms with van der Waals surface area (Å²) in [5.41, 5.74) is 0.477. The number of methoxy groups -OCH3 is 1. The van der Waals surface area contributed by atoms with Gasteiger partial charge in [-0.2, -0.15) is 0 Å². The van der Waals surface area contributed by atoms with Crippen molar-refractivity contribution in [1.29, 1.82) is 0 Å². The molecule has 1 amide bonds. The number of carbonyl (C=O) groups excluding carboxylic acids is 1. The third-order valence-electron chi connectivity index (χ3n) is 2.13. The lowest BCUT2D eigenvalue weighted by Gasteiger charge is -2.11. The van der Waals surface area contributed by atoms with Gasteiger partial charge in [0, 0.05) is 17.2 Å². The van der Waals surface area contributed by atoms with Crippen LogP contribution in [0.1, 0.15) is 17.3 Å². The summed E-state index contributed by atoms with van der Waals surface area (Å²) >= 11 is 1.94. The van der Waals surface area contributed by atoms with Gasteiger partial charge < -0.3 is 10.1 Å². The Morgan fingerprint density at radius 1 is 1.62 bits per heavy atom. The molecule has 0 spiro atoms. The number of amides is 1. The highest BCUT2D eigenvalue weighted by Crippen LogP contribution is 2.13. The summed E-state index contributed by atoms with van der Waals surface area (Å²) in [5, 5.41) is 2.72. The Hall–Kier alpha value is -0.690. The molecule has 0 bridgehead atoms. The monoisotopic (exact) mass is 337 g/mol. The van der Waals surface area contributed by atoms with Gasteiger partial charge in [-0.1, -0.05) is 0 Å². The normalized spacial score (nSPS) is 12.2. The first-order valence-corrected chi connectivity index (χ1v) is 5.88. The van der Waals surface area contributed by atoms with Crippen LogP contribution < -0.4 is 5.32 Å². The lowest BCUT2D eigenvalue weighted by Crippen LogP contribution is -2.32. The largest absolute Gasteiger partial charge is 0.380 e. The first-order valence-electron chi connectivity index (χ1n) is 4.80. The van der Waals surface area contributed by atoms with E-state index in [0.717, 1.165) is 0 Å². The fraction of sp³-hybridized carbons (Fsp3) is 0.364. The number of benzene rings is 1. The number of hydrogen-bond donors (Lipinski definition) is 1. The van der Waals surface area contributed by atoms with E-state index >= 15 is 0 Å². The molecule has 0 saturated carbocycles. The zero-order chi connectivity index (χ0) is 12.1. The van der Waals surface area contributed by atoms with Gasteiger partial charge in [0.05, 0.1) is 11.7 Å². The first kappa shape index (κ1) is 13.4. The van der Waals surface area contributed by atoms with Crippen LogP contribution in [0.3, 0.4) is 0 Å². The van der Waals surface area contributed by atoms with E-state index in [-0.39, 0.29) is 17.8 Å². The van der Waals surface area contributed by atoms with Gasteiger partial charge in [-0.25, -0.2) is 4.39 Å². The zero-order valence-electron chi connectivity index (χ0n) is 9.09. The minimum absolute atomic E-state index is 0.0398. The van der Waals surface area contributed by atoms with Crippen LogP contribution in [-0.2, 0) is 4.74 Å². The van der Waals surface area contributed by atoms with Gasteiger partial charge in [0.15, 0.2) is 0 Å². The Morgan fingerprint density at radius 2 is 2.31 bits per heavy atom. The SMILES string of the molecule is COC(C)CNC(=O)c1ccc(F)cc1I. The maximum Gasteiger partial charge on any atom is 0.252 e. The van der Waals surface area contributed by atoms with E-state index in [2.05, 4.69) is 5.32 Å². The second-order valence-electron chi connectivity index (χ2n) is 3.38. The average Bonchev–Trinajstić information content (AvgIpc) is 2.25. The molecule has 1 aromatic carbocycles. The molecule has 1 unspecified atom stereocenters. The summed E-state index contributed by atoms with van der Waals surface area (Å²) in [4.78, 5) is 11.7. The average molecular weight is 337 g/mol. The van der Waals surface area contributed by atoms with Crippen molar-refractivity contribution in [2.75, 3.05) is 13.7 Å². The van der Waals surface area contributed by atoms with Crippen molar-refractivity contribution >= 4 is 28.5 Å². The van der Waals surface area contributed by atoms with Crippen LogP contribution in [0.2, 0.25) is 0 Å². The van der Waals surface area contributed by atoms with Crippen LogP contribution in [0, 0.1) is 9.39 Å². The maximum atomic E-state index is 12.8. The molecule has 5 heteroatoms. The Balaban J connectivity index is 2.66. The van der Waals surface area contributed by atoms with Gasteiger partial charge >= 0.3 is 0 Å². The van der Waals surface area contributed by atoms with Crippen molar-refractivity contribution in [2.45, 2.75) is 13.0 Å². The molecule has 1 atom stereocenters. The van der Waals surface area contributed by atoms with E-state index in [0.29, 0.717) is 15.7 Å². The van der Waals surface area contributed by atoms with Gasteiger partial charge in [0.2, 0.25) is 0 Å². The number of ether oxygens (including phenoxy) is 1. The van der Waals surface area contributed by atoms with Crippen molar-refractivity contribution in [2.24, 2.45) is 0 Å². The number of nitrogens with one attached hydrogen (secondary N) is 1. The van der Waals surface area contributed by atoms with E-state index in [1.165, 1.54) is 18.2 Å². The van der Waals surface area contributed by atoms with Crippen molar-refractivity contribution in [3.63, 3.8) is 0 Å². The highest BCUT2D eigenvalue weighted by atomic mass is 127. The summed E-state index contributed by atoms with van der Waals surface area (Å²) in [7, 11) is 1.58. The molecule has 0 aromatic heterocycles. The third kappa shape index (κ3) is 3.71. The highest BCUT2D eigenvalue weighted by molar-refractivity contribution is 14.1. The van der Waals surface area contributed by atoms with Crippen molar-refractivity contribution in [3.8, 4) is 0 Å². The lowest BCUT2D eigenvalue weighted by molar-refractivity contribution is 0.0869. The minimum atomic E-state index is -0.341. The fourth-order valence-electron chi connectivity index (χ4n) is 1.09. The predicted molar refractivity (Wildman–Crippen MR) is 67.9 cm³/mol. The molecule has 16 heavy (non-hydrogen) atoms. The summed E-state index contributed by atoms with van der Waals surface area (Å²) in [5.74, 6) is -0.556. The molecule has 0 aliphatic rings. The van der Waals surface area contributed by atoms with Crippen LogP contribution in [0.4, 0.5) is 4.39 Å². The summed E-state index contributed by atoms with van der Waals surface area (Å²) in [6, 6.07) is 4.08. The van der Waals surface area contributed by atoms with Crippen LogP contribution in [-0.4, -0.2) is 25.7 Å². The molecule has 1 rings (SSSR count). The Morgan fingerprint density at radius 3 is 2.88 bits per heavy atom. The van der Waals surface area contributed by atoms with Gasteiger partial charge in [-0.05, 0) is 47.7 Å². The van der Waals surface area contributed by atoms with Gasteiger partial charge in [-0.15, -0.1) is 0 Å². The summed E-state index contributed by atoms with van der Waals surface area (Å²) in [6.45, 7) is 2.29. The topological polar surface area (TPSA) is 38.3 Å². The fourth-order valence-corrected chi connectivity index (χ4v) is 1.81. The standard InChI is InChI=1S/C11H13FINO2/c1-7(16-2)6-14-11(15)9-4-3-8(12)5-10(9)13/h3-5,7H,6H2,1-2H3,(H,14,15). The van der Waals surface area contributed by atoms with E-state index in [1.54, 1.807) is 7.11 Å². The Kier molecular flexibility index (Phi) is 5.14. The highest BCUT2D eigenvalue weighted by Gasteiger charge is 2.11. The Labute approximate surface area is 108 Å². The van der Waals surface area contributed by atoms with E-state index in [1.807, 2.05) is 29.5 Å². The number of carbonyl (C=O) groups is 1. The molecule has 0 heterocycles. The van der Waals surface area contributed by atoms with Crippen molar-refractivity contribution in [3.05, 3.63) is 33.1 Å². The van der Waals surface area contributed by atoms with Crippen molar-refractivity contribution < 1.29 is 13.9 Å². The number of rotatable bonds is 4. The molecule has 3 nitrogen and oxygen atoms in total. The predicted octanol–water partition coefficient (Wildman–Crippen LogP) is 2.20. The molecular formula is C11H13FINO2. The van der Waals surface area contributed by atoms with E-state index in [4.69, 9.17) is 4.74 Å². The molecule has 1 aromatic rings. The second-order valence-corrected chi connectivity index (χ2v) is 4.54. The molecule has 0 aliphatic heterocycles. The third-order valence-corrected chi connectivity index (χ3v) is 3.02. The maximum absolute atomic E-state index is 12.8. The second kappa shape index (κ2) is 6.15. The molecule has 0 radical (unpaired) electrons. The molecule has 1 N–H and O–H groups in total. The molecule has 88 valence electrons. The van der Waals surface area contributed by atoms with E-state index < -0.39 is 0 Å². The van der Waals surface area contributed by atoms with E-state index in [9.17, 15) is 9.18 Å². The van der Waals surface area contributed by atoms with Gasteiger partial charge in [0.1, 0.15) is 5.82 Å². The van der Waals surface area contributed by atoms with Crippen LogP contribution in [0.25, 0.3) is 0 Å².